The Labute approximate surface area is 118 Å². The van der Waals surface area contributed by atoms with Crippen LogP contribution in [0.2, 0.25) is 0 Å². The summed E-state index contributed by atoms with van der Waals surface area (Å²) in [5.74, 6) is 0.391. The highest BCUT2D eigenvalue weighted by atomic mass is 16.5. The molecule has 0 aliphatic rings. The van der Waals surface area contributed by atoms with Gasteiger partial charge in [0.1, 0.15) is 5.75 Å². The molecule has 2 N–H and O–H groups in total. The Kier molecular flexibility index (Phi) is 6.33. The summed E-state index contributed by atoms with van der Waals surface area (Å²) in [5.41, 5.74) is 1.17. The first-order valence-electron chi connectivity index (χ1n) is 6.21. The number of hydrogen-bond donors (Lipinski definition) is 2. The number of ether oxygens (including phenoxy) is 2. The van der Waals surface area contributed by atoms with Gasteiger partial charge in [-0.15, -0.1) is 0 Å². The predicted molar refractivity (Wildman–Crippen MR) is 75.7 cm³/mol. The zero-order valence-corrected chi connectivity index (χ0v) is 11.9. The van der Waals surface area contributed by atoms with E-state index >= 15 is 0 Å². The second kappa shape index (κ2) is 8.02. The highest BCUT2D eigenvalue weighted by Gasteiger charge is 2.09. The van der Waals surface area contributed by atoms with E-state index in [4.69, 9.17) is 14.7 Å². The third-order valence-electron chi connectivity index (χ3n) is 2.59. The standard InChI is InChI=1S/C14H19N3O3/c1-10(9-19-2)17-14(18)8-16-12-5-4-11(7-15)6-13(12)20-3/h4-6,10,16H,8-9H2,1-3H3,(H,17,18). The third-order valence-corrected chi connectivity index (χ3v) is 2.59. The van der Waals surface area contributed by atoms with Gasteiger partial charge in [0.25, 0.3) is 0 Å². The Morgan fingerprint density at radius 2 is 2.20 bits per heavy atom. The second-order valence-corrected chi connectivity index (χ2v) is 4.30. The fourth-order valence-electron chi connectivity index (χ4n) is 1.70. The van der Waals surface area contributed by atoms with Crippen LogP contribution in [0.3, 0.4) is 0 Å². The minimum atomic E-state index is -0.138. The summed E-state index contributed by atoms with van der Waals surface area (Å²) in [6.45, 7) is 2.45. The lowest BCUT2D eigenvalue weighted by Gasteiger charge is -2.14. The topological polar surface area (TPSA) is 83.4 Å². The summed E-state index contributed by atoms with van der Waals surface area (Å²) in [4.78, 5) is 11.7. The van der Waals surface area contributed by atoms with Crippen LogP contribution in [0.5, 0.6) is 5.75 Å². The molecule has 1 amide bonds. The van der Waals surface area contributed by atoms with Crippen molar-refractivity contribution >= 4 is 11.6 Å². The van der Waals surface area contributed by atoms with Crippen molar-refractivity contribution in [3.8, 4) is 11.8 Å². The SMILES string of the molecule is COCC(C)NC(=O)CNc1ccc(C#N)cc1OC. The van der Waals surface area contributed by atoms with Gasteiger partial charge >= 0.3 is 0 Å². The molecule has 0 bridgehead atoms. The Balaban J connectivity index is 2.57. The predicted octanol–water partition coefficient (Wildman–Crippen LogP) is 1.13. The Hall–Kier alpha value is -2.26. The van der Waals surface area contributed by atoms with Crippen LogP contribution in [0.4, 0.5) is 5.69 Å². The molecule has 6 nitrogen and oxygen atoms in total. The average Bonchev–Trinajstić information content (AvgIpc) is 2.45. The normalized spacial score (nSPS) is 11.3. The first kappa shape index (κ1) is 15.8. The van der Waals surface area contributed by atoms with Gasteiger partial charge in [-0.1, -0.05) is 0 Å². The summed E-state index contributed by atoms with van der Waals surface area (Å²) < 4.78 is 10.1. The van der Waals surface area contributed by atoms with Gasteiger partial charge in [0.2, 0.25) is 5.91 Å². The molecule has 0 aromatic heterocycles. The molecule has 1 rings (SSSR count). The van der Waals surface area contributed by atoms with Crippen LogP contribution in [0.1, 0.15) is 12.5 Å². The number of carbonyl (C=O) groups excluding carboxylic acids is 1. The Morgan fingerprint density at radius 1 is 1.45 bits per heavy atom. The summed E-state index contributed by atoms with van der Waals surface area (Å²) in [5, 5.41) is 14.6. The largest absolute Gasteiger partial charge is 0.495 e. The molecule has 108 valence electrons. The van der Waals surface area contributed by atoms with Gasteiger partial charge in [0, 0.05) is 19.2 Å². The van der Waals surface area contributed by atoms with E-state index in [0.29, 0.717) is 23.6 Å². The first-order valence-corrected chi connectivity index (χ1v) is 6.21. The van der Waals surface area contributed by atoms with E-state index in [1.165, 1.54) is 7.11 Å². The van der Waals surface area contributed by atoms with Crippen molar-refractivity contribution in [1.29, 1.82) is 5.26 Å². The summed E-state index contributed by atoms with van der Waals surface area (Å²) in [6.07, 6.45) is 0. The smallest absolute Gasteiger partial charge is 0.239 e. The minimum absolute atomic E-state index is 0.0443. The van der Waals surface area contributed by atoms with Crippen LogP contribution in [-0.4, -0.2) is 39.3 Å². The number of nitrogens with zero attached hydrogens (tertiary/aromatic N) is 1. The molecule has 0 heterocycles. The first-order chi connectivity index (χ1) is 9.60. The maximum atomic E-state index is 11.7. The van der Waals surface area contributed by atoms with Crippen molar-refractivity contribution < 1.29 is 14.3 Å². The van der Waals surface area contributed by atoms with Crippen molar-refractivity contribution in [3.05, 3.63) is 23.8 Å². The zero-order valence-electron chi connectivity index (χ0n) is 11.9. The maximum absolute atomic E-state index is 11.7. The van der Waals surface area contributed by atoms with Crippen LogP contribution in [0.15, 0.2) is 18.2 Å². The molecule has 0 saturated heterocycles. The van der Waals surface area contributed by atoms with Gasteiger partial charge in [-0.2, -0.15) is 5.26 Å². The zero-order chi connectivity index (χ0) is 15.0. The monoisotopic (exact) mass is 277 g/mol. The molecule has 1 atom stereocenters. The molecule has 0 radical (unpaired) electrons. The van der Waals surface area contributed by atoms with E-state index in [0.717, 1.165) is 0 Å². The highest BCUT2D eigenvalue weighted by Crippen LogP contribution is 2.24. The lowest BCUT2D eigenvalue weighted by Crippen LogP contribution is -2.39. The van der Waals surface area contributed by atoms with Crippen LogP contribution in [0, 0.1) is 11.3 Å². The number of methoxy groups -OCH3 is 2. The number of rotatable bonds is 7. The van der Waals surface area contributed by atoms with Crippen LogP contribution in [-0.2, 0) is 9.53 Å². The minimum Gasteiger partial charge on any atom is -0.495 e. The lowest BCUT2D eigenvalue weighted by atomic mass is 10.2. The Bertz CT molecular complexity index is 497. The number of nitriles is 1. The van der Waals surface area contributed by atoms with E-state index in [9.17, 15) is 4.79 Å². The van der Waals surface area contributed by atoms with E-state index in [2.05, 4.69) is 10.6 Å². The molecule has 1 unspecified atom stereocenters. The average molecular weight is 277 g/mol. The molecule has 0 saturated carbocycles. The molecule has 1 aromatic rings. The van der Waals surface area contributed by atoms with Gasteiger partial charge < -0.3 is 20.1 Å². The van der Waals surface area contributed by atoms with Gasteiger partial charge in [-0.3, -0.25) is 4.79 Å². The number of benzene rings is 1. The van der Waals surface area contributed by atoms with Crippen molar-refractivity contribution in [3.63, 3.8) is 0 Å². The molecule has 20 heavy (non-hydrogen) atoms. The summed E-state index contributed by atoms with van der Waals surface area (Å²) in [7, 11) is 3.10. The molecular weight excluding hydrogens is 258 g/mol. The van der Waals surface area contributed by atoms with Gasteiger partial charge in [0.05, 0.1) is 37.6 Å². The molecule has 0 aliphatic heterocycles. The van der Waals surface area contributed by atoms with Gasteiger partial charge in [-0.05, 0) is 19.1 Å². The Morgan fingerprint density at radius 3 is 2.80 bits per heavy atom. The van der Waals surface area contributed by atoms with E-state index in [1.807, 2.05) is 13.0 Å². The van der Waals surface area contributed by atoms with E-state index < -0.39 is 0 Å². The van der Waals surface area contributed by atoms with Crippen LogP contribution < -0.4 is 15.4 Å². The molecule has 0 fully saturated rings. The quantitative estimate of drug-likeness (QED) is 0.780. The van der Waals surface area contributed by atoms with Crippen molar-refractivity contribution in [2.24, 2.45) is 0 Å². The fraction of sp³-hybridized carbons (Fsp3) is 0.429. The number of carbonyl (C=O) groups is 1. The van der Waals surface area contributed by atoms with Gasteiger partial charge in [0.15, 0.2) is 0 Å². The number of nitrogens with one attached hydrogen (secondary N) is 2. The number of amides is 1. The van der Waals surface area contributed by atoms with Gasteiger partial charge in [-0.25, -0.2) is 0 Å². The van der Waals surface area contributed by atoms with Crippen molar-refractivity contribution in [2.75, 3.05) is 32.7 Å². The summed E-state index contributed by atoms with van der Waals surface area (Å²) in [6, 6.07) is 6.98. The van der Waals surface area contributed by atoms with Crippen LogP contribution in [0.25, 0.3) is 0 Å². The second-order valence-electron chi connectivity index (χ2n) is 4.30. The summed E-state index contributed by atoms with van der Waals surface area (Å²) >= 11 is 0. The lowest BCUT2D eigenvalue weighted by molar-refractivity contribution is -0.120. The third kappa shape index (κ3) is 4.78. The highest BCUT2D eigenvalue weighted by molar-refractivity contribution is 5.81. The molecule has 6 heteroatoms. The maximum Gasteiger partial charge on any atom is 0.239 e. The number of hydrogen-bond acceptors (Lipinski definition) is 5. The van der Waals surface area contributed by atoms with Crippen LogP contribution >= 0.6 is 0 Å². The fourth-order valence-corrected chi connectivity index (χ4v) is 1.70. The van der Waals surface area contributed by atoms with E-state index in [-0.39, 0.29) is 18.5 Å². The molecule has 1 aromatic carbocycles. The van der Waals surface area contributed by atoms with Crippen molar-refractivity contribution in [2.45, 2.75) is 13.0 Å². The number of anilines is 1. The van der Waals surface area contributed by atoms with E-state index in [1.54, 1.807) is 25.3 Å². The molecule has 0 spiro atoms. The van der Waals surface area contributed by atoms with Crippen molar-refractivity contribution in [1.82, 2.24) is 5.32 Å². The molecular formula is C14H19N3O3. The molecule has 0 aliphatic carbocycles.